The molecule has 1 spiro atoms. The molecule has 0 amide bonds. The molecule has 1 N–H and O–H groups in total. The average molecular weight is 421 g/mol. The maximum Gasteiger partial charge on any atom is 0.129 e. The lowest BCUT2D eigenvalue weighted by molar-refractivity contribution is 0.204. The molecule has 1 atom stereocenters. The van der Waals surface area contributed by atoms with Crippen LogP contribution in [0, 0.1) is 11.3 Å². The van der Waals surface area contributed by atoms with Crippen LogP contribution in [0.4, 0.5) is 0 Å². The van der Waals surface area contributed by atoms with E-state index in [1.54, 1.807) is 0 Å². The number of likely N-dealkylation sites (tertiary alicyclic amines) is 1. The van der Waals surface area contributed by atoms with Crippen LogP contribution in [0.25, 0.3) is 0 Å². The van der Waals surface area contributed by atoms with E-state index in [4.69, 9.17) is 4.74 Å². The summed E-state index contributed by atoms with van der Waals surface area (Å²) in [4.78, 5) is 2.43. The van der Waals surface area contributed by atoms with Crippen LogP contribution in [0.2, 0.25) is 0 Å². The molecule has 0 radical (unpaired) electrons. The van der Waals surface area contributed by atoms with Crippen LogP contribution < -0.4 is 5.32 Å². The molecule has 1 aromatic rings. The van der Waals surface area contributed by atoms with Gasteiger partial charge in [-0.1, -0.05) is 58.2 Å². The van der Waals surface area contributed by atoms with Crippen LogP contribution in [0.1, 0.15) is 76.8 Å². The van der Waals surface area contributed by atoms with E-state index < -0.39 is 0 Å². The van der Waals surface area contributed by atoms with Gasteiger partial charge in [0.15, 0.2) is 0 Å². The quantitative estimate of drug-likeness (QED) is 0.568. The Hall–Kier alpha value is -2.00. The van der Waals surface area contributed by atoms with Crippen molar-refractivity contribution in [1.29, 1.82) is 0 Å². The van der Waals surface area contributed by atoms with E-state index >= 15 is 0 Å². The molecule has 3 nitrogen and oxygen atoms in total. The van der Waals surface area contributed by atoms with E-state index in [0.29, 0.717) is 24.5 Å². The van der Waals surface area contributed by atoms with Crippen molar-refractivity contribution < 1.29 is 4.74 Å². The van der Waals surface area contributed by atoms with Crippen LogP contribution in [0.5, 0.6) is 0 Å². The maximum absolute atomic E-state index is 5.68. The van der Waals surface area contributed by atoms with Crippen LogP contribution >= 0.6 is 0 Å². The van der Waals surface area contributed by atoms with E-state index in [1.165, 1.54) is 60.2 Å². The second-order valence-corrected chi connectivity index (χ2v) is 10.3. The molecule has 1 saturated heterocycles. The molecule has 3 aliphatic rings. The van der Waals surface area contributed by atoms with Crippen LogP contribution in [-0.2, 0) is 11.3 Å². The Kier molecular flexibility index (Phi) is 6.35. The van der Waals surface area contributed by atoms with E-state index in [2.05, 4.69) is 75.3 Å². The number of hydrogen-bond donors (Lipinski definition) is 1. The lowest BCUT2D eigenvalue weighted by Crippen LogP contribution is -2.37. The summed E-state index contributed by atoms with van der Waals surface area (Å²) in [5, 5.41) is 3.83. The number of allylic oxidation sites excluding steroid dienone is 2. The summed E-state index contributed by atoms with van der Waals surface area (Å²) in [6, 6.07) is 9.84. The van der Waals surface area contributed by atoms with Crippen molar-refractivity contribution in [2.24, 2.45) is 11.3 Å². The Morgan fingerprint density at radius 2 is 1.77 bits per heavy atom. The fourth-order valence-electron chi connectivity index (χ4n) is 5.50. The van der Waals surface area contributed by atoms with Gasteiger partial charge in [0.05, 0.1) is 5.70 Å². The van der Waals surface area contributed by atoms with E-state index in [-0.39, 0.29) is 5.41 Å². The van der Waals surface area contributed by atoms with Gasteiger partial charge in [0, 0.05) is 35.8 Å². The van der Waals surface area contributed by atoms with Gasteiger partial charge in [0.1, 0.15) is 12.4 Å². The third-order valence-electron chi connectivity index (χ3n) is 8.36. The van der Waals surface area contributed by atoms with Gasteiger partial charge in [-0.05, 0) is 62.0 Å². The molecule has 3 heteroatoms. The van der Waals surface area contributed by atoms with Gasteiger partial charge in [0.2, 0.25) is 0 Å². The van der Waals surface area contributed by atoms with Gasteiger partial charge in [-0.2, -0.15) is 0 Å². The zero-order chi connectivity index (χ0) is 22.2. The molecule has 31 heavy (non-hydrogen) atoms. The van der Waals surface area contributed by atoms with Crippen molar-refractivity contribution in [2.75, 3.05) is 13.2 Å². The second kappa shape index (κ2) is 8.86. The first-order valence-corrected chi connectivity index (χ1v) is 12.1. The highest BCUT2D eigenvalue weighted by Crippen LogP contribution is 2.52. The molecule has 1 aliphatic carbocycles. The van der Waals surface area contributed by atoms with E-state index in [9.17, 15) is 0 Å². The third kappa shape index (κ3) is 4.35. The number of hydrogen-bond acceptors (Lipinski definition) is 3. The summed E-state index contributed by atoms with van der Waals surface area (Å²) in [6.07, 6.45) is 6.16. The molecule has 1 aromatic carbocycles. The first kappa shape index (κ1) is 22.2. The summed E-state index contributed by atoms with van der Waals surface area (Å²) >= 11 is 0. The predicted molar refractivity (Wildman–Crippen MR) is 129 cm³/mol. The number of ether oxygens (including phenoxy) is 1. The first-order chi connectivity index (χ1) is 14.8. The molecule has 1 saturated carbocycles. The van der Waals surface area contributed by atoms with Crippen molar-refractivity contribution in [1.82, 2.24) is 10.2 Å². The topological polar surface area (TPSA) is 24.5 Å². The molecular weight excluding hydrogens is 380 g/mol. The van der Waals surface area contributed by atoms with Crippen molar-refractivity contribution >= 4 is 0 Å². The van der Waals surface area contributed by atoms with Crippen molar-refractivity contribution in [3.63, 3.8) is 0 Å². The predicted octanol–water partition coefficient (Wildman–Crippen LogP) is 6.50. The lowest BCUT2D eigenvalue weighted by atomic mass is 9.70. The molecule has 0 bridgehead atoms. The monoisotopic (exact) mass is 420 g/mol. The van der Waals surface area contributed by atoms with Crippen molar-refractivity contribution in [3.8, 4) is 0 Å². The van der Waals surface area contributed by atoms with Gasteiger partial charge in [-0.3, -0.25) is 0 Å². The Labute approximate surface area is 189 Å². The first-order valence-electron chi connectivity index (χ1n) is 12.1. The fraction of sp³-hybridized carbons (Fsp3) is 0.571. The van der Waals surface area contributed by atoms with Gasteiger partial charge in [0.25, 0.3) is 0 Å². The largest absolute Gasteiger partial charge is 0.488 e. The highest BCUT2D eigenvalue weighted by molar-refractivity contribution is 5.36. The number of nitrogens with one attached hydrogen (secondary N) is 1. The Morgan fingerprint density at radius 1 is 1.10 bits per heavy atom. The molecule has 0 aromatic heterocycles. The fourth-order valence-corrected chi connectivity index (χ4v) is 5.50. The van der Waals surface area contributed by atoms with Crippen LogP contribution in [0.3, 0.4) is 0 Å². The summed E-state index contributed by atoms with van der Waals surface area (Å²) in [5.74, 6) is 2.12. The second-order valence-electron chi connectivity index (χ2n) is 10.3. The minimum absolute atomic E-state index is 0.282. The van der Waals surface area contributed by atoms with Gasteiger partial charge in [-0.15, -0.1) is 0 Å². The SMILES string of the molecule is C=C1OCC(N2CCC3(CCC(NCc4ccc(C(C)C(C)C)cc4)CC3)C2=C)=C1C. The standard InChI is InChI=1S/C28H40N2O/c1-19(2)20(3)25-9-7-24(8-10-25)17-29-26-11-13-28(14-12-26)15-16-30(23(28)6)27-18-31-22(5)21(27)4/h7-10,19-20,26,29H,5-6,11-18H2,1-4H3. The molecule has 1 unspecified atom stereocenters. The van der Waals surface area contributed by atoms with Gasteiger partial charge < -0.3 is 15.0 Å². The minimum atomic E-state index is 0.282. The van der Waals surface area contributed by atoms with Crippen LogP contribution in [0.15, 0.2) is 60.1 Å². The zero-order valence-electron chi connectivity index (χ0n) is 20.0. The molecule has 2 fully saturated rings. The molecule has 2 heterocycles. The minimum Gasteiger partial charge on any atom is -0.488 e. The normalized spacial score (nSPS) is 27.5. The molecular formula is C28H40N2O. The Morgan fingerprint density at radius 3 is 2.35 bits per heavy atom. The molecule has 168 valence electrons. The Balaban J connectivity index is 1.29. The zero-order valence-corrected chi connectivity index (χ0v) is 20.0. The smallest absolute Gasteiger partial charge is 0.129 e. The Bertz CT molecular complexity index is 856. The maximum atomic E-state index is 5.68. The summed E-state index contributed by atoms with van der Waals surface area (Å²) in [6.45, 7) is 20.3. The summed E-state index contributed by atoms with van der Waals surface area (Å²) in [5.41, 5.74) is 6.91. The average Bonchev–Trinajstić information content (AvgIpc) is 3.26. The lowest BCUT2D eigenvalue weighted by Gasteiger charge is -2.39. The van der Waals surface area contributed by atoms with Gasteiger partial charge >= 0.3 is 0 Å². The van der Waals surface area contributed by atoms with Crippen molar-refractivity contribution in [3.05, 3.63) is 71.3 Å². The van der Waals surface area contributed by atoms with E-state index in [0.717, 1.165) is 18.8 Å². The number of rotatable bonds is 6. The van der Waals surface area contributed by atoms with Crippen LogP contribution in [-0.4, -0.2) is 24.1 Å². The highest BCUT2D eigenvalue weighted by atomic mass is 16.5. The molecule has 4 rings (SSSR count). The van der Waals surface area contributed by atoms with Gasteiger partial charge in [-0.25, -0.2) is 0 Å². The van der Waals surface area contributed by atoms with E-state index in [1.807, 2.05) is 0 Å². The highest BCUT2D eigenvalue weighted by Gasteiger charge is 2.45. The summed E-state index contributed by atoms with van der Waals surface area (Å²) < 4.78 is 5.68. The van der Waals surface area contributed by atoms with Crippen molar-refractivity contribution in [2.45, 2.75) is 78.3 Å². The number of benzene rings is 1. The molecule has 2 aliphatic heterocycles. The third-order valence-corrected chi connectivity index (χ3v) is 8.36. The number of nitrogens with zero attached hydrogens (tertiary/aromatic N) is 1. The summed E-state index contributed by atoms with van der Waals surface area (Å²) in [7, 11) is 0.